The van der Waals surface area contributed by atoms with E-state index in [2.05, 4.69) is 11.6 Å². The van der Waals surface area contributed by atoms with E-state index in [4.69, 9.17) is 0 Å². The van der Waals surface area contributed by atoms with Gasteiger partial charge in [-0.1, -0.05) is 17.8 Å². The van der Waals surface area contributed by atoms with Gasteiger partial charge in [-0.3, -0.25) is 4.79 Å². The summed E-state index contributed by atoms with van der Waals surface area (Å²) in [6.45, 7) is 5.68. The molecule has 0 aliphatic carbocycles. The van der Waals surface area contributed by atoms with Crippen LogP contribution in [0.25, 0.3) is 6.08 Å². The fourth-order valence-electron chi connectivity index (χ4n) is 1.24. The van der Waals surface area contributed by atoms with E-state index < -0.39 is 0 Å². The predicted molar refractivity (Wildman–Crippen MR) is 79.7 cm³/mol. The van der Waals surface area contributed by atoms with Crippen molar-refractivity contribution in [1.82, 2.24) is 0 Å². The number of hydrogen-bond acceptors (Lipinski definition) is 5. The van der Waals surface area contributed by atoms with Gasteiger partial charge in [-0.05, 0) is 41.8 Å². The predicted octanol–water partition coefficient (Wildman–Crippen LogP) is 3.95. The summed E-state index contributed by atoms with van der Waals surface area (Å²) < 4.78 is 0.815. The number of rotatable bonds is 3. The molecule has 1 aliphatic rings. The van der Waals surface area contributed by atoms with Crippen LogP contribution >= 0.6 is 34.9 Å². The molecule has 0 saturated carbocycles. The highest BCUT2D eigenvalue weighted by Crippen LogP contribution is 2.32. The maximum Gasteiger partial charge on any atom is 0.244 e. The zero-order chi connectivity index (χ0) is 12.3. The van der Waals surface area contributed by atoms with E-state index in [0.29, 0.717) is 5.70 Å². The lowest BCUT2D eigenvalue weighted by Crippen LogP contribution is -1.87. The molecule has 88 valence electrons. The van der Waals surface area contributed by atoms with Crippen molar-refractivity contribution in [1.29, 1.82) is 0 Å². The Bertz CT molecular complexity index is 514. The summed E-state index contributed by atoms with van der Waals surface area (Å²) in [7, 11) is 0. The Morgan fingerprint density at radius 2 is 2.41 bits per heavy atom. The lowest BCUT2D eigenvalue weighted by molar-refractivity contribution is -0.107. The largest absolute Gasteiger partial charge is 0.279 e. The van der Waals surface area contributed by atoms with E-state index in [9.17, 15) is 4.79 Å². The maximum absolute atomic E-state index is 11.7. The second kappa shape index (κ2) is 5.71. The van der Waals surface area contributed by atoms with Gasteiger partial charge in [0, 0.05) is 10.6 Å². The lowest BCUT2D eigenvalue weighted by atomic mass is 10.2. The van der Waals surface area contributed by atoms with Gasteiger partial charge in [-0.2, -0.15) is 0 Å². The van der Waals surface area contributed by atoms with Crippen molar-refractivity contribution < 1.29 is 4.79 Å². The van der Waals surface area contributed by atoms with Crippen molar-refractivity contribution >= 4 is 50.4 Å². The van der Waals surface area contributed by atoms with Crippen LogP contribution in [0.3, 0.4) is 0 Å². The molecule has 0 amide bonds. The summed E-state index contributed by atoms with van der Waals surface area (Å²) in [4.78, 5) is 17.2. The molecule has 0 aromatic carbocycles. The Kier molecular flexibility index (Phi) is 4.25. The number of hydrogen-bond donors (Lipinski definition) is 0. The zero-order valence-corrected chi connectivity index (χ0v) is 11.8. The Hall–Kier alpha value is -0.780. The Labute approximate surface area is 113 Å². The lowest BCUT2D eigenvalue weighted by Gasteiger charge is -1.91. The maximum atomic E-state index is 11.7. The van der Waals surface area contributed by atoms with E-state index in [-0.39, 0.29) is 5.12 Å². The van der Waals surface area contributed by atoms with E-state index in [1.54, 1.807) is 23.1 Å². The van der Waals surface area contributed by atoms with Crippen molar-refractivity contribution in [3.05, 3.63) is 40.2 Å². The highest BCUT2D eigenvalue weighted by molar-refractivity contribution is 8.45. The van der Waals surface area contributed by atoms with Crippen LogP contribution in [0.15, 0.2) is 34.8 Å². The second-order valence-electron chi connectivity index (χ2n) is 3.36. The zero-order valence-electron chi connectivity index (χ0n) is 9.30. The van der Waals surface area contributed by atoms with Crippen LogP contribution in [0, 0.1) is 6.92 Å². The van der Waals surface area contributed by atoms with Crippen LogP contribution in [0.4, 0.5) is 0 Å². The molecule has 2 heterocycles. The highest BCUT2D eigenvalue weighted by Gasteiger charge is 2.22. The molecule has 1 aromatic heterocycles. The van der Waals surface area contributed by atoms with E-state index in [0.717, 1.165) is 15.0 Å². The molecule has 0 bridgehead atoms. The van der Waals surface area contributed by atoms with Gasteiger partial charge in [0.2, 0.25) is 5.12 Å². The minimum atomic E-state index is 0.0318. The third kappa shape index (κ3) is 3.12. The molecule has 1 aliphatic heterocycles. The van der Waals surface area contributed by atoms with E-state index >= 15 is 0 Å². The smallest absolute Gasteiger partial charge is 0.244 e. The van der Waals surface area contributed by atoms with Gasteiger partial charge in [0.05, 0.1) is 0 Å². The summed E-state index contributed by atoms with van der Waals surface area (Å²) in [5.74, 6) is 0.782. The molecule has 1 aromatic rings. The fraction of sp³-hybridized carbons (Fsp3) is 0.167. The summed E-state index contributed by atoms with van der Waals surface area (Å²) >= 11 is 4.38. The molecular formula is C12H11NOS3. The summed E-state index contributed by atoms with van der Waals surface area (Å²) in [5.41, 5.74) is 1.73. The summed E-state index contributed by atoms with van der Waals surface area (Å²) in [6.07, 6.45) is 3.68. The topological polar surface area (TPSA) is 29.4 Å². The van der Waals surface area contributed by atoms with Crippen LogP contribution in [-0.4, -0.2) is 15.2 Å². The first-order valence-corrected chi connectivity index (χ1v) is 7.69. The molecule has 0 spiro atoms. The molecule has 0 unspecified atom stereocenters. The second-order valence-corrected chi connectivity index (χ2v) is 6.54. The normalized spacial score (nSPS) is 17.6. The van der Waals surface area contributed by atoms with Gasteiger partial charge in [-0.25, -0.2) is 4.99 Å². The van der Waals surface area contributed by atoms with Gasteiger partial charge >= 0.3 is 0 Å². The van der Waals surface area contributed by atoms with Crippen molar-refractivity contribution in [3.63, 3.8) is 0 Å². The molecule has 2 nitrogen and oxygen atoms in total. The number of nitrogens with zero attached hydrogens (tertiary/aromatic N) is 1. The van der Waals surface area contributed by atoms with Crippen LogP contribution in [0.5, 0.6) is 0 Å². The van der Waals surface area contributed by atoms with Crippen molar-refractivity contribution in [3.8, 4) is 0 Å². The van der Waals surface area contributed by atoms with E-state index in [1.165, 1.54) is 17.3 Å². The van der Waals surface area contributed by atoms with Crippen molar-refractivity contribution in [2.45, 2.75) is 6.92 Å². The first-order chi connectivity index (χ1) is 8.20. The quantitative estimate of drug-likeness (QED) is 0.620. The van der Waals surface area contributed by atoms with Crippen LogP contribution < -0.4 is 0 Å². The first kappa shape index (κ1) is 12.7. The summed E-state index contributed by atoms with van der Waals surface area (Å²) in [6, 6.07) is 2.04. The molecule has 0 saturated heterocycles. The average Bonchev–Trinajstić information content (AvgIpc) is 2.85. The van der Waals surface area contributed by atoms with Crippen LogP contribution in [-0.2, 0) is 4.79 Å². The molecule has 17 heavy (non-hydrogen) atoms. The Balaban J connectivity index is 2.19. The van der Waals surface area contributed by atoms with Crippen molar-refractivity contribution in [2.75, 3.05) is 5.75 Å². The number of aliphatic imine (C=N–C) groups is 1. The van der Waals surface area contributed by atoms with Crippen LogP contribution in [0.1, 0.15) is 10.4 Å². The third-order valence-electron chi connectivity index (χ3n) is 2.10. The Morgan fingerprint density at radius 3 is 3.06 bits per heavy atom. The SMILES string of the molecule is C=CCSC1=NC(=Cc2sccc2C)C(=O)S1. The molecule has 0 radical (unpaired) electrons. The van der Waals surface area contributed by atoms with Gasteiger partial charge < -0.3 is 0 Å². The monoisotopic (exact) mass is 281 g/mol. The first-order valence-electron chi connectivity index (χ1n) is 5.01. The minimum absolute atomic E-state index is 0.0318. The summed E-state index contributed by atoms with van der Waals surface area (Å²) in [5, 5.41) is 2.05. The molecule has 0 fully saturated rings. The van der Waals surface area contributed by atoms with Gasteiger partial charge in [0.15, 0.2) is 0 Å². The number of carbonyl (C=O) groups excluding carboxylic acids is 1. The molecule has 0 atom stereocenters. The van der Waals surface area contributed by atoms with Gasteiger partial charge in [-0.15, -0.1) is 17.9 Å². The fourth-order valence-corrected chi connectivity index (χ4v) is 3.69. The molecular weight excluding hydrogens is 270 g/mol. The minimum Gasteiger partial charge on any atom is -0.279 e. The van der Waals surface area contributed by atoms with Gasteiger partial charge in [0.25, 0.3) is 0 Å². The number of carbonyl (C=O) groups is 1. The number of thioether (sulfide) groups is 2. The molecule has 5 heteroatoms. The van der Waals surface area contributed by atoms with E-state index in [1.807, 2.05) is 30.5 Å². The average molecular weight is 281 g/mol. The number of aryl methyl sites for hydroxylation is 1. The molecule has 2 rings (SSSR count). The highest BCUT2D eigenvalue weighted by atomic mass is 32.2. The number of thiophene rings is 1. The Morgan fingerprint density at radius 1 is 1.59 bits per heavy atom. The molecule has 0 N–H and O–H groups in total. The van der Waals surface area contributed by atoms with Crippen molar-refractivity contribution in [2.24, 2.45) is 4.99 Å². The van der Waals surface area contributed by atoms with Gasteiger partial charge in [0.1, 0.15) is 10.1 Å². The standard InChI is InChI=1S/C12H11NOS3/c1-3-5-16-12-13-9(11(14)17-12)7-10-8(2)4-6-15-10/h3-4,6-7H,1,5H2,2H3. The van der Waals surface area contributed by atoms with Crippen LogP contribution in [0.2, 0.25) is 0 Å². The third-order valence-corrected chi connectivity index (χ3v) is 5.07.